The highest BCUT2D eigenvalue weighted by Crippen LogP contribution is 2.34. The van der Waals surface area contributed by atoms with Crippen molar-refractivity contribution in [2.45, 2.75) is 47.1 Å². The Bertz CT molecular complexity index is 376. The van der Waals surface area contributed by atoms with Crippen molar-refractivity contribution < 1.29 is 4.74 Å². The highest BCUT2D eigenvalue weighted by molar-refractivity contribution is 6.30. The van der Waals surface area contributed by atoms with Crippen molar-refractivity contribution in [3.8, 4) is 0 Å². The summed E-state index contributed by atoms with van der Waals surface area (Å²) in [6.07, 6.45) is 0.697. The number of methoxy groups -OCH3 is 1. The second-order valence-electron chi connectivity index (χ2n) is 5.27. The largest absolute Gasteiger partial charge is 0.373 e. The third kappa shape index (κ3) is 3.17. The van der Waals surface area contributed by atoms with Crippen LogP contribution in [-0.4, -0.2) is 17.1 Å². The minimum atomic E-state index is -0.149. The summed E-state index contributed by atoms with van der Waals surface area (Å²) in [5.41, 5.74) is 1.89. The molecule has 1 unspecified atom stereocenters. The first-order chi connectivity index (χ1) is 7.81. The van der Waals surface area contributed by atoms with E-state index in [0.29, 0.717) is 11.0 Å². The summed E-state index contributed by atoms with van der Waals surface area (Å²) < 4.78 is 5.50. The number of hydrogen-bond acceptors (Lipinski definition) is 3. The number of aryl methyl sites for hydroxylation is 1. The molecular formula is C13H21ClN2O. The van der Waals surface area contributed by atoms with Crippen LogP contribution in [0.3, 0.4) is 0 Å². The normalized spacial score (nSPS) is 13.8. The Kier molecular flexibility index (Phi) is 4.50. The highest BCUT2D eigenvalue weighted by Gasteiger charge is 2.29. The van der Waals surface area contributed by atoms with E-state index >= 15 is 0 Å². The zero-order valence-electron chi connectivity index (χ0n) is 11.5. The predicted molar refractivity (Wildman–Crippen MR) is 70.4 cm³/mol. The molecule has 0 saturated heterocycles. The smallest absolute Gasteiger partial charge is 0.159 e. The van der Waals surface area contributed by atoms with Crippen LogP contribution in [0, 0.1) is 12.3 Å². The number of aromatic nitrogens is 2. The van der Waals surface area contributed by atoms with E-state index in [2.05, 4.69) is 37.7 Å². The van der Waals surface area contributed by atoms with Crippen molar-refractivity contribution in [1.82, 2.24) is 9.97 Å². The van der Waals surface area contributed by atoms with Crippen LogP contribution < -0.4 is 0 Å². The zero-order valence-corrected chi connectivity index (χ0v) is 12.2. The zero-order chi connectivity index (χ0) is 13.2. The molecule has 1 aromatic heterocycles. The molecule has 3 nitrogen and oxygen atoms in total. The molecule has 96 valence electrons. The van der Waals surface area contributed by atoms with Gasteiger partial charge in [0.25, 0.3) is 0 Å². The summed E-state index contributed by atoms with van der Waals surface area (Å²) in [5, 5.41) is 0.543. The number of hydrogen-bond donors (Lipinski definition) is 0. The molecule has 0 radical (unpaired) electrons. The molecular weight excluding hydrogens is 236 g/mol. The Hall–Kier alpha value is -0.670. The van der Waals surface area contributed by atoms with Crippen LogP contribution in [0.4, 0.5) is 0 Å². The molecule has 1 rings (SSSR count). The third-order valence-corrected chi connectivity index (χ3v) is 3.10. The average molecular weight is 257 g/mol. The molecule has 0 aliphatic rings. The van der Waals surface area contributed by atoms with Gasteiger partial charge < -0.3 is 4.74 Å². The molecule has 0 saturated carbocycles. The Morgan fingerprint density at radius 1 is 1.29 bits per heavy atom. The van der Waals surface area contributed by atoms with Crippen molar-refractivity contribution in [1.29, 1.82) is 0 Å². The molecule has 0 fully saturated rings. The second kappa shape index (κ2) is 5.32. The lowest BCUT2D eigenvalue weighted by Crippen LogP contribution is -2.23. The maximum atomic E-state index is 6.18. The van der Waals surface area contributed by atoms with Gasteiger partial charge in [-0.05, 0) is 18.8 Å². The average Bonchev–Trinajstić information content (AvgIpc) is 2.15. The van der Waals surface area contributed by atoms with Gasteiger partial charge in [-0.3, -0.25) is 0 Å². The number of ether oxygens (including phenoxy) is 1. The maximum absolute atomic E-state index is 6.18. The molecule has 4 heteroatoms. The first-order valence-corrected chi connectivity index (χ1v) is 6.24. The molecule has 17 heavy (non-hydrogen) atoms. The van der Waals surface area contributed by atoms with Gasteiger partial charge in [-0.1, -0.05) is 39.3 Å². The monoisotopic (exact) mass is 256 g/mol. The van der Waals surface area contributed by atoms with Crippen LogP contribution >= 0.6 is 11.6 Å². The van der Waals surface area contributed by atoms with Crippen molar-refractivity contribution in [2.24, 2.45) is 5.41 Å². The number of nitrogens with zero attached hydrogens (tertiary/aromatic N) is 2. The molecule has 0 aromatic carbocycles. The molecule has 1 atom stereocenters. The Morgan fingerprint density at radius 2 is 1.88 bits per heavy atom. The van der Waals surface area contributed by atoms with Crippen LogP contribution in [0.15, 0.2) is 0 Å². The first kappa shape index (κ1) is 14.4. The van der Waals surface area contributed by atoms with Gasteiger partial charge in [-0.15, -0.1) is 0 Å². The van der Waals surface area contributed by atoms with Gasteiger partial charge in [-0.2, -0.15) is 0 Å². The van der Waals surface area contributed by atoms with E-state index in [4.69, 9.17) is 16.3 Å². The SMILES string of the molecule is CCc1c(C)nc(C(OC)C(C)(C)C)nc1Cl. The van der Waals surface area contributed by atoms with E-state index < -0.39 is 0 Å². The van der Waals surface area contributed by atoms with Gasteiger partial charge in [0.1, 0.15) is 11.3 Å². The fourth-order valence-electron chi connectivity index (χ4n) is 1.95. The molecule has 0 spiro atoms. The molecule has 0 aliphatic heterocycles. The summed E-state index contributed by atoms with van der Waals surface area (Å²) in [6.45, 7) is 10.3. The summed E-state index contributed by atoms with van der Waals surface area (Å²) in [6, 6.07) is 0. The summed E-state index contributed by atoms with van der Waals surface area (Å²) >= 11 is 6.18. The minimum Gasteiger partial charge on any atom is -0.373 e. The summed E-state index contributed by atoms with van der Waals surface area (Å²) in [4.78, 5) is 8.89. The lowest BCUT2D eigenvalue weighted by molar-refractivity contribution is 0.00852. The van der Waals surface area contributed by atoms with Gasteiger partial charge in [0, 0.05) is 18.4 Å². The topological polar surface area (TPSA) is 35.0 Å². The van der Waals surface area contributed by atoms with E-state index in [-0.39, 0.29) is 11.5 Å². The van der Waals surface area contributed by atoms with Gasteiger partial charge in [0.15, 0.2) is 5.82 Å². The van der Waals surface area contributed by atoms with Crippen molar-refractivity contribution in [2.75, 3.05) is 7.11 Å². The molecule has 0 bridgehead atoms. The van der Waals surface area contributed by atoms with Crippen LogP contribution in [0.1, 0.15) is 50.9 Å². The highest BCUT2D eigenvalue weighted by atomic mass is 35.5. The Balaban J connectivity index is 3.24. The maximum Gasteiger partial charge on any atom is 0.159 e. The van der Waals surface area contributed by atoms with Crippen LogP contribution in [0.5, 0.6) is 0 Å². The van der Waals surface area contributed by atoms with Crippen LogP contribution in [-0.2, 0) is 11.2 Å². The standard InChI is InChI=1S/C13H21ClN2O/c1-7-9-8(2)15-12(16-11(9)14)10(17-6)13(3,4)5/h10H,7H2,1-6H3. The number of halogens is 1. The van der Waals surface area contributed by atoms with Crippen LogP contribution in [0.25, 0.3) is 0 Å². The predicted octanol–water partition coefficient (Wildman–Crippen LogP) is 3.73. The molecule has 1 heterocycles. The van der Waals surface area contributed by atoms with E-state index in [1.807, 2.05) is 6.92 Å². The molecule has 0 N–H and O–H groups in total. The quantitative estimate of drug-likeness (QED) is 0.773. The van der Waals surface area contributed by atoms with E-state index in [1.165, 1.54) is 0 Å². The minimum absolute atomic E-state index is 0.0573. The van der Waals surface area contributed by atoms with Crippen molar-refractivity contribution in [3.63, 3.8) is 0 Å². The van der Waals surface area contributed by atoms with Gasteiger partial charge in [0.2, 0.25) is 0 Å². The Morgan fingerprint density at radius 3 is 2.24 bits per heavy atom. The Labute approximate surface area is 109 Å². The van der Waals surface area contributed by atoms with E-state index in [0.717, 1.165) is 17.7 Å². The second-order valence-corrected chi connectivity index (χ2v) is 5.63. The van der Waals surface area contributed by atoms with Gasteiger partial charge in [0.05, 0.1) is 0 Å². The summed E-state index contributed by atoms with van der Waals surface area (Å²) in [5.74, 6) is 0.666. The van der Waals surface area contributed by atoms with Crippen LogP contribution in [0.2, 0.25) is 5.15 Å². The fraction of sp³-hybridized carbons (Fsp3) is 0.692. The first-order valence-electron chi connectivity index (χ1n) is 5.87. The molecule has 1 aromatic rings. The summed E-state index contributed by atoms with van der Waals surface area (Å²) in [7, 11) is 1.68. The lowest BCUT2D eigenvalue weighted by Gasteiger charge is -2.28. The van der Waals surface area contributed by atoms with Crippen molar-refractivity contribution in [3.05, 3.63) is 22.2 Å². The van der Waals surface area contributed by atoms with E-state index in [1.54, 1.807) is 7.11 Å². The fourth-order valence-corrected chi connectivity index (χ4v) is 2.30. The van der Waals surface area contributed by atoms with Gasteiger partial charge in [-0.25, -0.2) is 9.97 Å². The third-order valence-electron chi connectivity index (χ3n) is 2.79. The molecule has 0 aliphatic carbocycles. The van der Waals surface area contributed by atoms with Crippen molar-refractivity contribution >= 4 is 11.6 Å². The van der Waals surface area contributed by atoms with E-state index in [9.17, 15) is 0 Å². The van der Waals surface area contributed by atoms with Gasteiger partial charge >= 0.3 is 0 Å². The molecule has 0 amide bonds. The lowest BCUT2D eigenvalue weighted by atomic mass is 9.88. The number of rotatable bonds is 3.